The van der Waals surface area contributed by atoms with Gasteiger partial charge in [0.2, 0.25) is 0 Å². The van der Waals surface area contributed by atoms with E-state index in [4.69, 9.17) is 16.3 Å². The summed E-state index contributed by atoms with van der Waals surface area (Å²) in [5.74, 6) is 0. The molecule has 0 aliphatic carbocycles. The number of aryl methyl sites for hydroxylation is 1. The summed E-state index contributed by atoms with van der Waals surface area (Å²) < 4.78 is 5.22. The first-order chi connectivity index (χ1) is 9.17. The minimum atomic E-state index is 0.244. The molecule has 0 aliphatic rings. The highest BCUT2D eigenvalue weighted by atomic mass is 35.5. The highest BCUT2D eigenvalue weighted by Crippen LogP contribution is 2.33. The highest BCUT2D eigenvalue weighted by Gasteiger charge is 2.13. The Labute approximate surface area is 118 Å². The van der Waals surface area contributed by atoms with Gasteiger partial charge in [0.05, 0.1) is 22.8 Å². The Morgan fingerprint density at radius 2 is 2.26 bits per heavy atom. The number of methoxy groups -OCH3 is 1. The van der Waals surface area contributed by atoms with Crippen molar-refractivity contribution in [1.82, 2.24) is 4.98 Å². The molecule has 1 atom stereocenters. The molecule has 1 aromatic carbocycles. The van der Waals surface area contributed by atoms with Gasteiger partial charge in [-0.1, -0.05) is 18.5 Å². The summed E-state index contributed by atoms with van der Waals surface area (Å²) in [6.07, 6.45) is 2.78. The van der Waals surface area contributed by atoms with Crippen LogP contribution in [0.5, 0.6) is 0 Å². The Hall–Kier alpha value is -1.32. The van der Waals surface area contributed by atoms with Gasteiger partial charge < -0.3 is 10.1 Å². The molecule has 0 radical (unpaired) electrons. The molecule has 0 saturated heterocycles. The lowest BCUT2D eigenvalue weighted by Gasteiger charge is -2.20. The van der Waals surface area contributed by atoms with Crippen LogP contribution in [0.3, 0.4) is 0 Å². The van der Waals surface area contributed by atoms with Crippen molar-refractivity contribution in [2.24, 2.45) is 0 Å². The average Bonchev–Trinajstić information content (AvgIpc) is 2.42. The van der Waals surface area contributed by atoms with E-state index < -0.39 is 0 Å². The first kappa shape index (κ1) is 14.1. The van der Waals surface area contributed by atoms with E-state index in [1.165, 1.54) is 0 Å². The molecular weight excluding hydrogens is 260 g/mol. The van der Waals surface area contributed by atoms with E-state index in [0.717, 1.165) is 33.6 Å². The van der Waals surface area contributed by atoms with Crippen molar-refractivity contribution in [2.45, 2.75) is 26.3 Å². The van der Waals surface area contributed by atoms with Gasteiger partial charge in [0.15, 0.2) is 0 Å². The normalized spacial score (nSPS) is 12.6. The van der Waals surface area contributed by atoms with Crippen LogP contribution < -0.4 is 5.32 Å². The Morgan fingerprint density at radius 1 is 1.47 bits per heavy atom. The van der Waals surface area contributed by atoms with E-state index in [1.807, 2.05) is 25.1 Å². The summed E-state index contributed by atoms with van der Waals surface area (Å²) in [4.78, 5) is 4.43. The highest BCUT2D eigenvalue weighted by molar-refractivity contribution is 6.35. The molecule has 0 spiro atoms. The topological polar surface area (TPSA) is 34.1 Å². The Kier molecular flexibility index (Phi) is 4.61. The van der Waals surface area contributed by atoms with Crippen molar-refractivity contribution in [1.29, 1.82) is 0 Å². The third-order valence-corrected chi connectivity index (χ3v) is 3.54. The van der Waals surface area contributed by atoms with Crippen LogP contribution in [0.1, 0.15) is 18.9 Å². The summed E-state index contributed by atoms with van der Waals surface area (Å²) in [5.41, 5.74) is 3.02. The van der Waals surface area contributed by atoms with Crippen molar-refractivity contribution < 1.29 is 4.74 Å². The fourth-order valence-corrected chi connectivity index (χ4v) is 2.51. The lowest BCUT2D eigenvalue weighted by Crippen LogP contribution is -2.24. The average molecular weight is 279 g/mol. The van der Waals surface area contributed by atoms with Gasteiger partial charge in [-0.2, -0.15) is 0 Å². The third-order valence-electron chi connectivity index (χ3n) is 3.24. The number of ether oxygens (including phenoxy) is 1. The van der Waals surface area contributed by atoms with Crippen LogP contribution in [-0.2, 0) is 4.74 Å². The number of nitrogens with zero attached hydrogens (tertiary/aromatic N) is 1. The minimum Gasteiger partial charge on any atom is -0.383 e. The van der Waals surface area contributed by atoms with E-state index in [1.54, 1.807) is 13.3 Å². The number of pyridine rings is 1. The number of nitrogens with one attached hydrogen (secondary N) is 1. The van der Waals surface area contributed by atoms with Crippen LogP contribution in [0.25, 0.3) is 10.9 Å². The van der Waals surface area contributed by atoms with Gasteiger partial charge in [-0.15, -0.1) is 0 Å². The Balaban J connectivity index is 2.47. The number of anilines is 1. The van der Waals surface area contributed by atoms with E-state index in [-0.39, 0.29) is 6.04 Å². The number of hydrogen-bond donors (Lipinski definition) is 1. The van der Waals surface area contributed by atoms with E-state index in [9.17, 15) is 0 Å². The fraction of sp³-hybridized carbons (Fsp3) is 0.400. The molecule has 2 rings (SSSR count). The number of aromatic nitrogens is 1. The van der Waals surface area contributed by atoms with Crippen LogP contribution in [0, 0.1) is 6.92 Å². The van der Waals surface area contributed by atoms with Gasteiger partial charge >= 0.3 is 0 Å². The zero-order chi connectivity index (χ0) is 13.8. The van der Waals surface area contributed by atoms with Crippen molar-refractivity contribution in [3.05, 3.63) is 35.0 Å². The number of benzene rings is 1. The maximum Gasteiger partial charge on any atom is 0.0752 e. The number of rotatable bonds is 5. The van der Waals surface area contributed by atoms with Crippen molar-refractivity contribution in [3.8, 4) is 0 Å². The summed E-state index contributed by atoms with van der Waals surface area (Å²) >= 11 is 6.38. The van der Waals surface area contributed by atoms with Gasteiger partial charge in [-0.05, 0) is 37.1 Å². The quantitative estimate of drug-likeness (QED) is 0.896. The predicted molar refractivity (Wildman–Crippen MR) is 81.1 cm³/mol. The zero-order valence-corrected chi connectivity index (χ0v) is 12.3. The Bertz CT molecular complexity index is 571. The van der Waals surface area contributed by atoms with Gasteiger partial charge in [-0.3, -0.25) is 4.98 Å². The van der Waals surface area contributed by atoms with Gasteiger partial charge in [0, 0.05) is 24.7 Å². The van der Waals surface area contributed by atoms with Crippen LogP contribution in [0.4, 0.5) is 5.69 Å². The molecule has 1 unspecified atom stereocenters. The third kappa shape index (κ3) is 2.99. The maximum absolute atomic E-state index is 6.38. The molecule has 3 nitrogen and oxygen atoms in total. The molecule has 1 heterocycles. The van der Waals surface area contributed by atoms with Crippen LogP contribution in [-0.4, -0.2) is 24.7 Å². The van der Waals surface area contributed by atoms with Gasteiger partial charge in [-0.25, -0.2) is 0 Å². The molecule has 0 aliphatic heterocycles. The molecule has 1 aromatic heterocycles. The largest absolute Gasteiger partial charge is 0.383 e. The second-order valence-electron chi connectivity index (χ2n) is 4.65. The minimum absolute atomic E-state index is 0.244. The second kappa shape index (κ2) is 6.22. The zero-order valence-electron chi connectivity index (χ0n) is 11.5. The van der Waals surface area contributed by atoms with E-state index in [2.05, 4.69) is 17.2 Å². The fourth-order valence-electron chi connectivity index (χ4n) is 2.19. The number of halogens is 1. The molecule has 0 bridgehead atoms. The van der Waals surface area contributed by atoms with Crippen molar-refractivity contribution >= 4 is 28.2 Å². The molecule has 0 fully saturated rings. The molecule has 0 amide bonds. The summed E-state index contributed by atoms with van der Waals surface area (Å²) in [6, 6.07) is 6.18. The molecule has 2 aromatic rings. The maximum atomic E-state index is 6.38. The molecule has 1 N–H and O–H groups in total. The summed E-state index contributed by atoms with van der Waals surface area (Å²) in [7, 11) is 1.71. The summed E-state index contributed by atoms with van der Waals surface area (Å²) in [6.45, 7) is 4.80. The molecule has 4 heteroatoms. The second-order valence-corrected chi connectivity index (χ2v) is 5.06. The van der Waals surface area contributed by atoms with Crippen molar-refractivity contribution in [2.75, 3.05) is 19.0 Å². The SMILES string of the molecule is CCC(COC)Nc1c(Cl)cc(C)c2ncccc12. The predicted octanol–water partition coefficient (Wildman–Crippen LogP) is 4.03. The molecule has 0 saturated carbocycles. The van der Waals surface area contributed by atoms with Crippen LogP contribution >= 0.6 is 11.6 Å². The van der Waals surface area contributed by atoms with Crippen LogP contribution in [0.15, 0.2) is 24.4 Å². The van der Waals surface area contributed by atoms with Crippen molar-refractivity contribution in [3.63, 3.8) is 0 Å². The number of fused-ring (bicyclic) bond motifs is 1. The monoisotopic (exact) mass is 278 g/mol. The Morgan fingerprint density at radius 3 is 2.95 bits per heavy atom. The lowest BCUT2D eigenvalue weighted by molar-refractivity contribution is 0.184. The summed E-state index contributed by atoms with van der Waals surface area (Å²) in [5, 5.41) is 5.26. The van der Waals surface area contributed by atoms with E-state index in [0.29, 0.717) is 6.61 Å². The first-order valence-electron chi connectivity index (χ1n) is 6.46. The smallest absolute Gasteiger partial charge is 0.0752 e. The van der Waals surface area contributed by atoms with Crippen LogP contribution in [0.2, 0.25) is 5.02 Å². The lowest BCUT2D eigenvalue weighted by atomic mass is 10.1. The van der Waals surface area contributed by atoms with E-state index >= 15 is 0 Å². The van der Waals surface area contributed by atoms with Gasteiger partial charge in [0.1, 0.15) is 0 Å². The first-order valence-corrected chi connectivity index (χ1v) is 6.84. The standard InChI is InChI=1S/C15H19ClN2O/c1-4-11(9-19-3)18-15-12-6-5-7-17-14(12)10(2)8-13(15)16/h5-8,11,18H,4,9H2,1-3H3. The molecular formula is C15H19ClN2O. The molecule has 102 valence electrons. The van der Waals surface area contributed by atoms with Gasteiger partial charge in [0.25, 0.3) is 0 Å². The number of hydrogen-bond acceptors (Lipinski definition) is 3. The molecule has 19 heavy (non-hydrogen) atoms.